The van der Waals surface area contributed by atoms with E-state index in [2.05, 4.69) is 12.1 Å². The Hall–Kier alpha value is -1.81. The molecular formula is C17H16FNOS. The zero-order chi connectivity index (χ0) is 14.8. The Kier molecular flexibility index (Phi) is 3.97. The molecule has 1 fully saturated rings. The smallest absolute Gasteiger partial charge is 0.234 e. The van der Waals surface area contributed by atoms with Crippen molar-refractivity contribution in [3.05, 3.63) is 71.0 Å². The topological polar surface area (TPSA) is 20.3 Å². The van der Waals surface area contributed by atoms with Crippen LogP contribution in [0.3, 0.4) is 0 Å². The summed E-state index contributed by atoms with van der Waals surface area (Å²) in [6.45, 7) is 2.64. The molecule has 1 aliphatic rings. The monoisotopic (exact) mass is 301 g/mol. The molecule has 0 spiro atoms. The largest absolute Gasteiger partial charge is 0.322 e. The first-order valence-electron chi connectivity index (χ1n) is 6.85. The second-order valence-electron chi connectivity index (χ2n) is 5.22. The lowest BCUT2D eigenvalue weighted by Crippen LogP contribution is -2.27. The van der Waals surface area contributed by atoms with E-state index in [1.54, 1.807) is 23.9 Å². The minimum Gasteiger partial charge on any atom is -0.322 e. The van der Waals surface area contributed by atoms with E-state index in [0.29, 0.717) is 12.3 Å². The van der Waals surface area contributed by atoms with Gasteiger partial charge in [0.2, 0.25) is 5.91 Å². The molecule has 1 aliphatic heterocycles. The fourth-order valence-electron chi connectivity index (χ4n) is 2.42. The van der Waals surface area contributed by atoms with Gasteiger partial charge >= 0.3 is 0 Å². The maximum atomic E-state index is 13.0. The van der Waals surface area contributed by atoms with Crippen molar-refractivity contribution in [3.8, 4) is 0 Å². The van der Waals surface area contributed by atoms with Crippen molar-refractivity contribution in [1.82, 2.24) is 4.90 Å². The van der Waals surface area contributed by atoms with Crippen molar-refractivity contribution in [2.45, 2.75) is 18.8 Å². The first-order chi connectivity index (χ1) is 10.1. The SMILES string of the molecule is Cc1ccc(CN2C(=O)CSC2c2ccc(F)cc2)cc1. The van der Waals surface area contributed by atoms with Gasteiger partial charge in [-0.25, -0.2) is 4.39 Å². The summed E-state index contributed by atoms with van der Waals surface area (Å²) >= 11 is 1.59. The Labute approximate surface area is 128 Å². The number of thioether (sulfide) groups is 1. The third kappa shape index (κ3) is 3.10. The van der Waals surface area contributed by atoms with Gasteiger partial charge in [-0.1, -0.05) is 42.0 Å². The summed E-state index contributed by atoms with van der Waals surface area (Å²) in [4.78, 5) is 14.0. The first-order valence-corrected chi connectivity index (χ1v) is 7.90. The van der Waals surface area contributed by atoms with Crippen LogP contribution in [0.15, 0.2) is 48.5 Å². The molecule has 2 aromatic carbocycles. The van der Waals surface area contributed by atoms with E-state index in [-0.39, 0.29) is 17.1 Å². The van der Waals surface area contributed by atoms with Crippen LogP contribution in [-0.4, -0.2) is 16.6 Å². The van der Waals surface area contributed by atoms with Gasteiger partial charge in [-0.05, 0) is 30.2 Å². The molecule has 2 aromatic rings. The molecule has 4 heteroatoms. The summed E-state index contributed by atoms with van der Waals surface area (Å²) in [5, 5.41) is -0.0283. The van der Waals surface area contributed by atoms with Gasteiger partial charge in [0.15, 0.2) is 0 Å². The van der Waals surface area contributed by atoms with E-state index < -0.39 is 0 Å². The van der Waals surface area contributed by atoms with Gasteiger partial charge in [0.25, 0.3) is 0 Å². The average Bonchev–Trinajstić information content (AvgIpc) is 2.84. The van der Waals surface area contributed by atoms with Crippen molar-refractivity contribution >= 4 is 17.7 Å². The van der Waals surface area contributed by atoms with Gasteiger partial charge in [0.1, 0.15) is 11.2 Å². The zero-order valence-electron chi connectivity index (χ0n) is 11.8. The summed E-state index contributed by atoms with van der Waals surface area (Å²) < 4.78 is 13.0. The molecule has 1 unspecified atom stereocenters. The normalized spacial score (nSPS) is 18.3. The molecule has 0 aromatic heterocycles. The summed E-state index contributed by atoms with van der Waals surface area (Å²) in [6.07, 6.45) is 0. The molecule has 108 valence electrons. The minimum absolute atomic E-state index is 0.0283. The van der Waals surface area contributed by atoms with Gasteiger partial charge in [-0.3, -0.25) is 4.79 Å². The molecule has 0 N–H and O–H groups in total. The Bertz CT molecular complexity index is 639. The van der Waals surface area contributed by atoms with Crippen LogP contribution < -0.4 is 0 Å². The second kappa shape index (κ2) is 5.90. The molecule has 3 rings (SSSR count). The van der Waals surface area contributed by atoms with E-state index >= 15 is 0 Å². The van der Waals surface area contributed by atoms with Crippen LogP contribution in [-0.2, 0) is 11.3 Å². The van der Waals surface area contributed by atoms with Gasteiger partial charge < -0.3 is 4.90 Å². The average molecular weight is 301 g/mol. The Balaban J connectivity index is 1.82. The zero-order valence-corrected chi connectivity index (χ0v) is 12.6. The third-order valence-electron chi connectivity index (χ3n) is 3.60. The molecular weight excluding hydrogens is 285 g/mol. The lowest BCUT2D eigenvalue weighted by atomic mass is 10.1. The third-order valence-corrected chi connectivity index (χ3v) is 4.85. The van der Waals surface area contributed by atoms with Crippen molar-refractivity contribution in [2.75, 3.05) is 5.75 Å². The van der Waals surface area contributed by atoms with Crippen molar-refractivity contribution in [3.63, 3.8) is 0 Å². The van der Waals surface area contributed by atoms with Crippen LogP contribution in [0.2, 0.25) is 0 Å². The van der Waals surface area contributed by atoms with E-state index in [4.69, 9.17) is 0 Å². The van der Waals surface area contributed by atoms with E-state index in [1.165, 1.54) is 17.7 Å². The highest BCUT2D eigenvalue weighted by molar-refractivity contribution is 8.00. The number of rotatable bonds is 3. The van der Waals surface area contributed by atoms with Gasteiger partial charge in [0, 0.05) is 6.54 Å². The highest BCUT2D eigenvalue weighted by Crippen LogP contribution is 2.39. The van der Waals surface area contributed by atoms with Gasteiger partial charge in [-0.15, -0.1) is 11.8 Å². The molecule has 0 aliphatic carbocycles. The summed E-state index contributed by atoms with van der Waals surface area (Å²) in [5.74, 6) is 0.363. The maximum Gasteiger partial charge on any atom is 0.234 e. The number of aryl methyl sites for hydroxylation is 1. The highest BCUT2D eigenvalue weighted by Gasteiger charge is 2.32. The van der Waals surface area contributed by atoms with Crippen LogP contribution in [0, 0.1) is 12.7 Å². The second-order valence-corrected chi connectivity index (χ2v) is 6.29. The quantitative estimate of drug-likeness (QED) is 0.856. The van der Waals surface area contributed by atoms with Crippen LogP contribution in [0.5, 0.6) is 0 Å². The fraction of sp³-hybridized carbons (Fsp3) is 0.235. The number of hydrogen-bond donors (Lipinski definition) is 0. The standard InChI is InChI=1S/C17H16FNOS/c1-12-2-4-13(5-3-12)10-19-16(20)11-21-17(19)14-6-8-15(18)9-7-14/h2-9,17H,10-11H2,1H3. The maximum absolute atomic E-state index is 13.0. The van der Waals surface area contributed by atoms with Crippen molar-refractivity contribution in [1.29, 1.82) is 0 Å². The highest BCUT2D eigenvalue weighted by atomic mass is 32.2. The van der Waals surface area contributed by atoms with Crippen LogP contribution in [0.4, 0.5) is 4.39 Å². The van der Waals surface area contributed by atoms with E-state index in [0.717, 1.165) is 11.1 Å². The van der Waals surface area contributed by atoms with Crippen LogP contribution in [0.25, 0.3) is 0 Å². The van der Waals surface area contributed by atoms with Crippen molar-refractivity contribution in [2.24, 2.45) is 0 Å². The predicted octanol–water partition coefficient (Wildman–Crippen LogP) is 3.91. The molecule has 0 saturated carbocycles. The number of hydrogen-bond acceptors (Lipinski definition) is 2. The summed E-state index contributed by atoms with van der Waals surface area (Å²) in [5.41, 5.74) is 3.29. The Morgan fingerprint density at radius 1 is 1.14 bits per heavy atom. The number of benzene rings is 2. The summed E-state index contributed by atoms with van der Waals surface area (Å²) in [7, 11) is 0. The van der Waals surface area contributed by atoms with E-state index in [9.17, 15) is 9.18 Å². The number of halogens is 1. The first kappa shape index (κ1) is 14.1. The van der Waals surface area contributed by atoms with Crippen LogP contribution in [0.1, 0.15) is 22.1 Å². The number of carbonyl (C=O) groups is 1. The minimum atomic E-state index is -0.252. The molecule has 1 amide bonds. The van der Waals surface area contributed by atoms with Gasteiger partial charge in [0.05, 0.1) is 5.75 Å². The van der Waals surface area contributed by atoms with Gasteiger partial charge in [-0.2, -0.15) is 0 Å². The lowest BCUT2D eigenvalue weighted by Gasteiger charge is -2.24. The van der Waals surface area contributed by atoms with Crippen molar-refractivity contribution < 1.29 is 9.18 Å². The molecule has 2 nitrogen and oxygen atoms in total. The number of nitrogens with zero attached hydrogens (tertiary/aromatic N) is 1. The molecule has 0 bridgehead atoms. The predicted molar refractivity (Wildman–Crippen MR) is 83.3 cm³/mol. The summed E-state index contributed by atoms with van der Waals surface area (Å²) in [6, 6.07) is 14.6. The lowest BCUT2D eigenvalue weighted by molar-refractivity contribution is -0.128. The number of amides is 1. The fourth-order valence-corrected chi connectivity index (χ4v) is 3.61. The molecule has 1 saturated heterocycles. The molecule has 21 heavy (non-hydrogen) atoms. The number of carbonyl (C=O) groups excluding carboxylic acids is 1. The molecule has 0 radical (unpaired) electrons. The Morgan fingerprint density at radius 2 is 1.81 bits per heavy atom. The van der Waals surface area contributed by atoms with E-state index in [1.807, 2.05) is 24.0 Å². The molecule has 1 atom stereocenters. The molecule has 1 heterocycles. The van der Waals surface area contributed by atoms with Crippen LogP contribution >= 0.6 is 11.8 Å². The Morgan fingerprint density at radius 3 is 2.48 bits per heavy atom.